The van der Waals surface area contributed by atoms with Crippen LogP contribution in [0, 0.1) is 6.92 Å². The Bertz CT molecular complexity index is 1410. The van der Waals surface area contributed by atoms with E-state index in [4.69, 9.17) is 19.3 Å². The highest BCUT2D eigenvalue weighted by molar-refractivity contribution is 6.01. The Morgan fingerprint density at radius 3 is 2.14 bits per heavy atom. The summed E-state index contributed by atoms with van der Waals surface area (Å²) in [5.74, 6) is 0.420. The van der Waals surface area contributed by atoms with Crippen molar-refractivity contribution in [3.8, 4) is 17.2 Å². The molecule has 3 rings (SSSR count). The molecule has 11 nitrogen and oxygen atoms in total. The fraction of sp³-hybridized carbons (Fsp3) is 0.344. The first-order valence-electron chi connectivity index (χ1n) is 13.9. The molecule has 3 amide bonds. The van der Waals surface area contributed by atoms with Crippen molar-refractivity contribution < 1.29 is 33.7 Å². The van der Waals surface area contributed by atoms with Gasteiger partial charge in [0.2, 0.25) is 5.91 Å². The van der Waals surface area contributed by atoms with E-state index in [-0.39, 0.29) is 31.8 Å². The number of hydrogen-bond acceptors (Lipinski definition) is 7. The number of aliphatic carboxylic acids is 1. The Kier molecular flexibility index (Phi) is 12.2. The molecule has 0 aliphatic rings. The van der Waals surface area contributed by atoms with Gasteiger partial charge >= 0.3 is 12.0 Å². The van der Waals surface area contributed by atoms with Crippen LogP contribution in [0.5, 0.6) is 17.2 Å². The maximum absolute atomic E-state index is 13.8. The van der Waals surface area contributed by atoms with Crippen LogP contribution < -0.4 is 30.2 Å². The van der Waals surface area contributed by atoms with Crippen molar-refractivity contribution in [2.45, 2.75) is 45.8 Å². The maximum Gasteiger partial charge on any atom is 0.323 e. The van der Waals surface area contributed by atoms with E-state index in [9.17, 15) is 14.4 Å². The SMILES string of the molecule is CCC(NCCC(=O)O)N(Cc1ccc(OC)c(OC)c1)C(=O)Cc1ccc(NC(=O)Nc2ccccc2C)c(OC)c1. The average Bonchev–Trinajstić information content (AvgIpc) is 2.99. The summed E-state index contributed by atoms with van der Waals surface area (Å²) >= 11 is 0. The van der Waals surface area contributed by atoms with Crippen molar-refractivity contribution in [1.29, 1.82) is 0 Å². The Morgan fingerprint density at radius 2 is 1.49 bits per heavy atom. The lowest BCUT2D eigenvalue weighted by atomic mass is 10.1. The number of carbonyl (C=O) groups is 3. The molecule has 0 radical (unpaired) electrons. The van der Waals surface area contributed by atoms with Crippen molar-refractivity contribution >= 4 is 29.3 Å². The number of hydrogen-bond donors (Lipinski definition) is 4. The fourth-order valence-electron chi connectivity index (χ4n) is 4.58. The Balaban J connectivity index is 1.80. The minimum Gasteiger partial charge on any atom is -0.495 e. The van der Waals surface area contributed by atoms with Crippen LogP contribution in [-0.2, 0) is 22.6 Å². The maximum atomic E-state index is 13.8. The van der Waals surface area contributed by atoms with E-state index in [0.29, 0.717) is 40.6 Å². The van der Waals surface area contributed by atoms with E-state index < -0.39 is 18.2 Å². The van der Waals surface area contributed by atoms with E-state index in [1.165, 1.54) is 7.11 Å². The van der Waals surface area contributed by atoms with E-state index in [2.05, 4.69) is 16.0 Å². The summed E-state index contributed by atoms with van der Waals surface area (Å²) in [7, 11) is 4.60. The molecule has 0 spiro atoms. The lowest BCUT2D eigenvalue weighted by Crippen LogP contribution is -2.49. The van der Waals surface area contributed by atoms with Gasteiger partial charge in [0.05, 0.1) is 46.0 Å². The molecule has 0 saturated heterocycles. The van der Waals surface area contributed by atoms with Crippen LogP contribution in [0.15, 0.2) is 60.7 Å². The summed E-state index contributed by atoms with van der Waals surface area (Å²) in [5.41, 5.74) is 3.58. The third-order valence-corrected chi connectivity index (χ3v) is 6.87. The molecule has 3 aromatic carbocycles. The number of rotatable bonds is 15. The molecule has 3 aromatic rings. The number of carbonyl (C=O) groups excluding carboxylic acids is 2. The predicted octanol–water partition coefficient (Wildman–Crippen LogP) is 5.04. The Hall–Kier alpha value is -4.77. The quantitative estimate of drug-likeness (QED) is 0.180. The van der Waals surface area contributed by atoms with E-state index in [1.54, 1.807) is 43.4 Å². The highest BCUT2D eigenvalue weighted by Gasteiger charge is 2.24. The second-order valence-electron chi connectivity index (χ2n) is 9.84. The van der Waals surface area contributed by atoms with Crippen LogP contribution >= 0.6 is 0 Å². The summed E-state index contributed by atoms with van der Waals surface area (Å²) in [6, 6.07) is 17.7. The number of para-hydroxylation sites is 1. The first kappa shape index (κ1) is 32.7. The van der Waals surface area contributed by atoms with Gasteiger partial charge in [0.15, 0.2) is 11.5 Å². The fourth-order valence-corrected chi connectivity index (χ4v) is 4.58. The smallest absolute Gasteiger partial charge is 0.323 e. The van der Waals surface area contributed by atoms with Crippen molar-refractivity contribution in [3.63, 3.8) is 0 Å². The van der Waals surface area contributed by atoms with Gasteiger partial charge in [-0.15, -0.1) is 0 Å². The molecule has 11 heteroatoms. The van der Waals surface area contributed by atoms with Gasteiger partial charge in [-0.3, -0.25) is 14.9 Å². The van der Waals surface area contributed by atoms with E-state index >= 15 is 0 Å². The third-order valence-electron chi connectivity index (χ3n) is 6.87. The molecule has 0 bridgehead atoms. The zero-order valence-corrected chi connectivity index (χ0v) is 25.2. The number of methoxy groups -OCH3 is 3. The molecule has 230 valence electrons. The molecule has 0 aliphatic carbocycles. The number of carboxylic acids is 1. The number of urea groups is 1. The normalized spacial score (nSPS) is 11.3. The highest BCUT2D eigenvalue weighted by Crippen LogP contribution is 2.29. The van der Waals surface area contributed by atoms with Crippen molar-refractivity contribution in [1.82, 2.24) is 10.2 Å². The number of nitrogens with zero attached hydrogens (tertiary/aromatic N) is 1. The lowest BCUT2D eigenvalue weighted by Gasteiger charge is -2.32. The zero-order chi connectivity index (χ0) is 31.4. The Morgan fingerprint density at radius 1 is 0.837 bits per heavy atom. The molecule has 0 saturated carbocycles. The van der Waals surface area contributed by atoms with Crippen LogP contribution in [-0.4, -0.2) is 62.0 Å². The molecular formula is C32H40N4O7. The van der Waals surface area contributed by atoms with Gasteiger partial charge in [0.25, 0.3) is 0 Å². The molecular weight excluding hydrogens is 552 g/mol. The average molecular weight is 593 g/mol. The van der Waals surface area contributed by atoms with Crippen LogP contribution in [0.3, 0.4) is 0 Å². The second-order valence-corrected chi connectivity index (χ2v) is 9.84. The summed E-state index contributed by atoms with van der Waals surface area (Å²) < 4.78 is 16.3. The number of nitrogens with one attached hydrogen (secondary N) is 3. The lowest BCUT2D eigenvalue weighted by molar-refractivity contribution is -0.137. The van der Waals surface area contributed by atoms with Gasteiger partial charge in [-0.1, -0.05) is 37.3 Å². The minimum atomic E-state index is -0.923. The molecule has 0 heterocycles. The summed E-state index contributed by atoms with van der Waals surface area (Å²) in [6.45, 7) is 4.30. The van der Waals surface area contributed by atoms with E-state index in [0.717, 1.165) is 11.1 Å². The van der Waals surface area contributed by atoms with E-state index in [1.807, 2.05) is 50.2 Å². The summed E-state index contributed by atoms with van der Waals surface area (Å²) in [6.07, 6.45) is 0.128. The second kappa shape index (κ2) is 16.0. The molecule has 0 aliphatic heterocycles. The molecule has 0 fully saturated rings. The molecule has 0 aromatic heterocycles. The number of benzene rings is 3. The number of anilines is 2. The largest absolute Gasteiger partial charge is 0.495 e. The van der Waals surface area contributed by atoms with Gasteiger partial charge in [-0.05, 0) is 60.4 Å². The number of carboxylic acid groups (broad SMARTS) is 1. The zero-order valence-electron chi connectivity index (χ0n) is 25.2. The van der Waals surface area contributed by atoms with Gasteiger partial charge in [-0.2, -0.15) is 0 Å². The van der Waals surface area contributed by atoms with Crippen molar-refractivity contribution in [3.05, 3.63) is 77.4 Å². The minimum absolute atomic E-state index is 0.0520. The third kappa shape index (κ3) is 9.37. The predicted molar refractivity (Wildman–Crippen MR) is 165 cm³/mol. The standard InChI is InChI=1S/C32H40N4O7/c1-6-29(33-16-15-31(38)39)36(20-23-12-14-26(41-3)28(18-23)43-5)30(37)19-22-11-13-25(27(17-22)42-4)35-32(40)34-24-10-8-7-9-21(24)2/h7-14,17-18,29,33H,6,15-16,19-20H2,1-5H3,(H,38,39)(H2,34,35,40). The van der Waals surface area contributed by atoms with Gasteiger partial charge in [0, 0.05) is 18.8 Å². The highest BCUT2D eigenvalue weighted by atomic mass is 16.5. The number of amides is 3. The monoisotopic (exact) mass is 592 g/mol. The van der Waals surface area contributed by atoms with Crippen molar-refractivity contribution in [2.24, 2.45) is 0 Å². The number of aryl methyl sites for hydroxylation is 1. The van der Waals surface area contributed by atoms with Crippen LogP contribution in [0.2, 0.25) is 0 Å². The topological polar surface area (TPSA) is 138 Å². The van der Waals surface area contributed by atoms with Crippen LogP contribution in [0.25, 0.3) is 0 Å². The summed E-state index contributed by atoms with van der Waals surface area (Å²) in [5, 5.41) is 17.9. The molecule has 4 N–H and O–H groups in total. The van der Waals surface area contributed by atoms with Crippen LogP contribution in [0.4, 0.5) is 16.2 Å². The first-order chi connectivity index (χ1) is 20.7. The van der Waals surface area contributed by atoms with Gasteiger partial charge in [-0.25, -0.2) is 4.79 Å². The molecule has 1 atom stereocenters. The van der Waals surface area contributed by atoms with Gasteiger partial charge < -0.3 is 34.9 Å². The van der Waals surface area contributed by atoms with Crippen LogP contribution in [0.1, 0.15) is 36.5 Å². The van der Waals surface area contributed by atoms with Crippen molar-refractivity contribution in [2.75, 3.05) is 38.5 Å². The summed E-state index contributed by atoms with van der Waals surface area (Å²) in [4.78, 5) is 39.2. The molecule has 43 heavy (non-hydrogen) atoms. The number of ether oxygens (including phenoxy) is 3. The molecule has 1 unspecified atom stereocenters. The first-order valence-corrected chi connectivity index (χ1v) is 13.9. The van der Waals surface area contributed by atoms with Gasteiger partial charge in [0.1, 0.15) is 5.75 Å². The Labute approximate surface area is 252 Å².